The van der Waals surface area contributed by atoms with Gasteiger partial charge in [0.2, 0.25) is 0 Å². The smallest absolute Gasteiger partial charge is 0.177 e. The van der Waals surface area contributed by atoms with E-state index in [0.29, 0.717) is 6.42 Å². The fourth-order valence-corrected chi connectivity index (χ4v) is 3.13. The molecular formula is C16H18OS. The number of aryl methyl sites for hydroxylation is 4. The minimum absolute atomic E-state index is 0.223. The van der Waals surface area contributed by atoms with Crippen molar-refractivity contribution >= 4 is 17.1 Å². The Morgan fingerprint density at radius 3 is 2.11 bits per heavy atom. The lowest BCUT2D eigenvalue weighted by atomic mass is 10.0. The topological polar surface area (TPSA) is 17.1 Å². The molecule has 0 saturated heterocycles. The minimum atomic E-state index is 0.223. The molecule has 0 spiro atoms. The van der Waals surface area contributed by atoms with Crippen molar-refractivity contribution in [3.05, 3.63) is 56.3 Å². The maximum atomic E-state index is 12.2. The normalized spacial score (nSPS) is 10.7. The van der Waals surface area contributed by atoms with Crippen molar-refractivity contribution in [1.29, 1.82) is 0 Å². The highest BCUT2D eigenvalue weighted by Crippen LogP contribution is 2.22. The molecule has 0 amide bonds. The molecule has 0 fully saturated rings. The van der Waals surface area contributed by atoms with Crippen LogP contribution in [0.15, 0.2) is 24.3 Å². The maximum Gasteiger partial charge on any atom is 0.177 e. The Morgan fingerprint density at radius 1 is 1.00 bits per heavy atom. The molecule has 0 radical (unpaired) electrons. The van der Waals surface area contributed by atoms with Gasteiger partial charge >= 0.3 is 0 Å². The summed E-state index contributed by atoms with van der Waals surface area (Å²) in [5.74, 6) is 0.223. The standard InChI is InChI=1S/C16H18OS/c1-10-5-11(2)7-14(6-10)9-15(17)16-8-12(3)13(4)18-16/h5-8H,9H2,1-4H3. The van der Waals surface area contributed by atoms with Crippen molar-refractivity contribution in [2.24, 2.45) is 0 Å². The van der Waals surface area contributed by atoms with Crippen LogP contribution in [0.4, 0.5) is 0 Å². The van der Waals surface area contributed by atoms with Crippen molar-refractivity contribution in [2.45, 2.75) is 34.1 Å². The molecule has 1 nitrogen and oxygen atoms in total. The van der Waals surface area contributed by atoms with E-state index < -0.39 is 0 Å². The maximum absolute atomic E-state index is 12.2. The van der Waals surface area contributed by atoms with Gasteiger partial charge in [-0.15, -0.1) is 11.3 Å². The van der Waals surface area contributed by atoms with Crippen LogP contribution in [-0.4, -0.2) is 5.78 Å². The Bertz CT molecular complexity index is 553. The zero-order valence-corrected chi connectivity index (χ0v) is 12.1. The van der Waals surface area contributed by atoms with E-state index in [9.17, 15) is 4.79 Å². The molecule has 0 atom stereocenters. The van der Waals surface area contributed by atoms with Gasteiger partial charge in [0.15, 0.2) is 5.78 Å². The molecule has 0 N–H and O–H groups in total. The molecule has 2 aromatic rings. The minimum Gasteiger partial charge on any atom is -0.293 e. The Kier molecular flexibility index (Phi) is 3.67. The van der Waals surface area contributed by atoms with Crippen molar-refractivity contribution in [3.8, 4) is 0 Å². The molecule has 94 valence electrons. The van der Waals surface area contributed by atoms with Crippen molar-refractivity contribution in [1.82, 2.24) is 0 Å². The summed E-state index contributed by atoms with van der Waals surface area (Å²) in [7, 11) is 0. The summed E-state index contributed by atoms with van der Waals surface area (Å²) < 4.78 is 0. The average molecular weight is 258 g/mol. The van der Waals surface area contributed by atoms with E-state index in [2.05, 4.69) is 45.9 Å². The fourth-order valence-electron chi connectivity index (χ4n) is 2.15. The first-order chi connectivity index (χ1) is 8.45. The predicted molar refractivity (Wildman–Crippen MR) is 77.7 cm³/mol. The van der Waals surface area contributed by atoms with E-state index in [-0.39, 0.29) is 5.78 Å². The summed E-state index contributed by atoms with van der Waals surface area (Å²) in [6.07, 6.45) is 0.502. The van der Waals surface area contributed by atoms with Gasteiger partial charge in [0.05, 0.1) is 4.88 Å². The second-order valence-corrected chi connectivity index (χ2v) is 6.20. The molecule has 18 heavy (non-hydrogen) atoms. The molecule has 2 rings (SSSR count). The Balaban J connectivity index is 2.21. The molecule has 0 bridgehead atoms. The first-order valence-corrected chi connectivity index (χ1v) is 6.95. The quantitative estimate of drug-likeness (QED) is 0.745. The summed E-state index contributed by atoms with van der Waals surface area (Å²) in [5.41, 5.74) is 4.76. The summed E-state index contributed by atoms with van der Waals surface area (Å²) in [5, 5.41) is 0. The number of carbonyl (C=O) groups is 1. The van der Waals surface area contributed by atoms with E-state index in [0.717, 1.165) is 10.4 Å². The lowest BCUT2D eigenvalue weighted by Gasteiger charge is -2.03. The Hall–Kier alpha value is -1.41. The van der Waals surface area contributed by atoms with Gasteiger partial charge in [-0.2, -0.15) is 0 Å². The van der Waals surface area contributed by atoms with E-state index in [4.69, 9.17) is 0 Å². The van der Waals surface area contributed by atoms with Gasteiger partial charge in [-0.25, -0.2) is 0 Å². The molecule has 0 saturated carbocycles. The van der Waals surface area contributed by atoms with Crippen LogP contribution in [0.25, 0.3) is 0 Å². The second-order valence-electron chi connectivity index (χ2n) is 4.95. The molecule has 0 aliphatic carbocycles. The van der Waals surface area contributed by atoms with Crippen LogP contribution in [0.5, 0.6) is 0 Å². The Morgan fingerprint density at radius 2 is 1.61 bits per heavy atom. The highest BCUT2D eigenvalue weighted by atomic mass is 32.1. The molecular weight excluding hydrogens is 240 g/mol. The predicted octanol–water partition coefficient (Wildman–Crippen LogP) is 4.41. The molecule has 0 aliphatic heterocycles. The summed E-state index contributed by atoms with van der Waals surface area (Å²) >= 11 is 1.60. The average Bonchev–Trinajstić information content (AvgIpc) is 2.57. The van der Waals surface area contributed by atoms with E-state index >= 15 is 0 Å². The molecule has 2 heteroatoms. The largest absolute Gasteiger partial charge is 0.293 e. The third-order valence-corrected chi connectivity index (χ3v) is 4.28. The van der Waals surface area contributed by atoms with Crippen LogP contribution in [0.3, 0.4) is 0 Å². The van der Waals surface area contributed by atoms with Gasteiger partial charge in [0.25, 0.3) is 0 Å². The van der Waals surface area contributed by atoms with Crippen molar-refractivity contribution < 1.29 is 4.79 Å². The van der Waals surface area contributed by atoms with Gasteiger partial charge in [-0.05, 0) is 44.9 Å². The number of carbonyl (C=O) groups excluding carboxylic acids is 1. The van der Waals surface area contributed by atoms with E-state index in [1.165, 1.54) is 21.6 Å². The van der Waals surface area contributed by atoms with Gasteiger partial charge in [0, 0.05) is 11.3 Å². The third kappa shape index (κ3) is 2.88. The molecule has 1 aromatic carbocycles. The summed E-state index contributed by atoms with van der Waals surface area (Å²) in [4.78, 5) is 14.3. The van der Waals surface area contributed by atoms with Gasteiger partial charge in [-0.1, -0.05) is 29.3 Å². The first kappa shape index (κ1) is 13.0. The number of rotatable bonds is 3. The highest BCUT2D eigenvalue weighted by molar-refractivity contribution is 7.14. The van der Waals surface area contributed by atoms with Crippen LogP contribution >= 0.6 is 11.3 Å². The summed E-state index contributed by atoms with van der Waals surface area (Å²) in [6, 6.07) is 8.33. The third-order valence-electron chi connectivity index (χ3n) is 3.09. The molecule has 0 unspecified atom stereocenters. The van der Waals surface area contributed by atoms with Crippen LogP contribution in [0, 0.1) is 27.7 Å². The monoisotopic (exact) mass is 258 g/mol. The number of hydrogen-bond donors (Lipinski definition) is 0. The molecule has 0 aliphatic rings. The first-order valence-electron chi connectivity index (χ1n) is 6.13. The van der Waals surface area contributed by atoms with Crippen LogP contribution in [-0.2, 0) is 6.42 Å². The van der Waals surface area contributed by atoms with Crippen LogP contribution in [0.2, 0.25) is 0 Å². The summed E-state index contributed by atoms with van der Waals surface area (Å²) in [6.45, 7) is 8.26. The zero-order valence-electron chi connectivity index (χ0n) is 11.3. The number of thiophene rings is 1. The lowest BCUT2D eigenvalue weighted by molar-refractivity contribution is 0.0997. The van der Waals surface area contributed by atoms with E-state index in [1.54, 1.807) is 11.3 Å². The Labute approximate surface area is 112 Å². The van der Waals surface area contributed by atoms with Gasteiger partial charge < -0.3 is 0 Å². The zero-order chi connectivity index (χ0) is 13.3. The SMILES string of the molecule is Cc1cc(C)cc(CC(=O)c2cc(C)c(C)s2)c1. The molecule has 1 aromatic heterocycles. The fraction of sp³-hybridized carbons (Fsp3) is 0.312. The van der Waals surface area contributed by atoms with Crippen molar-refractivity contribution in [3.63, 3.8) is 0 Å². The van der Waals surface area contributed by atoms with Crippen LogP contribution in [0.1, 0.15) is 36.8 Å². The molecule has 1 heterocycles. The number of ketones is 1. The van der Waals surface area contributed by atoms with E-state index in [1.807, 2.05) is 6.07 Å². The number of Topliss-reactive ketones (excluding diaryl/α,β-unsaturated/α-hetero) is 1. The highest BCUT2D eigenvalue weighted by Gasteiger charge is 2.11. The van der Waals surface area contributed by atoms with Gasteiger partial charge in [-0.3, -0.25) is 4.79 Å². The number of hydrogen-bond acceptors (Lipinski definition) is 2. The van der Waals surface area contributed by atoms with Crippen molar-refractivity contribution in [2.75, 3.05) is 0 Å². The lowest BCUT2D eigenvalue weighted by Crippen LogP contribution is -2.01. The van der Waals surface area contributed by atoms with Gasteiger partial charge in [0.1, 0.15) is 0 Å². The number of benzene rings is 1. The van der Waals surface area contributed by atoms with Crippen LogP contribution < -0.4 is 0 Å². The second kappa shape index (κ2) is 5.07.